The molecule has 5 heteroatoms. The molecule has 1 atom stereocenters. The third-order valence-electron chi connectivity index (χ3n) is 2.10. The van der Waals surface area contributed by atoms with Gasteiger partial charge >= 0.3 is 6.09 Å². The zero-order valence-electron chi connectivity index (χ0n) is 7.40. The van der Waals surface area contributed by atoms with E-state index in [2.05, 4.69) is 0 Å². The van der Waals surface area contributed by atoms with Crippen LogP contribution in [0.25, 0.3) is 0 Å². The number of rotatable bonds is 0. The number of carbonyl (C=O) groups excluding carboxylic acids is 1. The second-order valence-electron chi connectivity index (χ2n) is 3.03. The maximum Gasteiger partial charge on any atom is 0.417 e. The van der Waals surface area contributed by atoms with Crippen molar-refractivity contribution in [1.29, 1.82) is 0 Å². The number of amides is 1. The normalized spacial score (nSPS) is 20.4. The fraction of sp³-hybridized carbons (Fsp3) is 0.222. The fourth-order valence-electron chi connectivity index (χ4n) is 1.29. The van der Waals surface area contributed by atoms with Crippen LogP contribution in [0, 0.1) is 0 Å². The van der Waals surface area contributed by atoms with Crippen molar-refractivity contribution in [2.45, 2.75) is 6.23 Å². The largest absolute Gasteiger partial charge is 0.417 e. The number of hydrogen-bond acceptors (Lipinski definition) is 3. The van der Waals surface area contributed by atoms with Gasteiger partial charge in [0.25, 0.3) is 0 Å². The molecule has 1 aromatic rings. The van der Waals surface area contributed by atoms with Crippen molar-refractivity contribution in [1.82, 2.24) is 4.90 Å². The average Bonchev–Trinajstić information content (AvgIpc) is 2.16. The Balaban J connectivity index is 2.51. The van der Waals surface area contributed by atoms with Crippen LogP contribution in [0.2, 0.25) is 5.02 Å². The number of hydrogen-bond donors (Lipinski definition) is 1. The van der Waals surface area contributed by atoms with Crippen molar-refractivity contribution in [2.24, 2.45) is 0 Å². The van der Waals surface area contributed by atoms with E-state index in [0.29, 0.717) is 16.3 Å². The van der Waals surface area contributed by atoms with E-state index in [0.717, 1.165) is 4.90 Å². The van der Waals surface area contributed by atoms with E-state index in [9.17, 15) is 9.90 Å². The molecule has 1 amide bonds. The Morgan fingerprint density at radius 2 is 2.29 bits per heavy atom. The summed E-state index contributed by atoms with van der Waals surface area (Å²) < 4.78 is 4.94. The maximum atomic E-state index is 11.2. The Morgan fingerprint density at radius 3 is 3.00 bits per heavy atom. The SMILES string of the molecule is CN1C(=O)Oc2ccc(Cl)cc2[C@@H]1O. The molecule has 0 bridgehead atoms. The van der Waals surface area contributed by atoms with E-state index in [1.165, 1.54) is 7.05 Å². The van der Waals surface area contributed by atoms with Gasteiger partial charge in [-0.3, -0.25) is 4.90 Å². The molecule has 1 aliphatic heterocycles. The molecule has 4 nitrogen and oxygen atoms in total. The molecule has 0 unspecified atom stereocenters. The zero-order valence-corrected chi connectivity index (χ0v) is 8.15. The molecule has 1 aliphatic rings. The van der Waals surface area contributed by atoms with Crippen LogP contribution >= 0.6 is 11.6 Å². The van der Waals surface area contributed by atoms with E-state index in [1.807, 2.05) is 0 Å². The summed E-state index contributed by atoms with van der Waals surface area (Å²) in [5.41, 5.74) is 0.500. The van der Waals surface area contributed by atoms with Crippen LogP contribution in [-0.4, -0.2) is 23.1 Å². The Hall–Kier alpha value is -1.26. The summed E-state index contributed by atoms with van der Waals surface area (Å²) in [5.74, 6) is 0.352. The molecule has 1 heterocycles. The first-order valence-electron chi connectivity index (χ1n) is 4.02. The molecule has 0 saturated heterocycles. The molecule has 0 aromatic heterocycles. The van der Waals surface area contributed by atoms with Gasteiger partial charge in [-0.05, 0) is 18.2 Å². The molecule has 1 N–H and O–H groups in total. The predicted molar refractivity (Wildman–Crippen MR) is 50.2 cm³/mol. The lowest BCUT2D eigenvalue weighted by atomic mass is 10.1. The van der Waals surface area contributed by atoms with Gasteiger partial charge in [0.1, 0.15) is 5.75 Å². The van der Waals surface area contributed by atoms with Gasteiger partial charge in [-0.25, -0.2) is 4.79 Å². The van der Waals surface area contributed by atoms with E-state index in [4.69, 9.17) is 16.3 Å². The van der Waals surface area contributed by atoms with Crippen LogP contribution in [0.5, 0.6) is 5.75 Å². The molecular formula is C9H8ClNO3. The first-order chi connectivity index (χ1) is 6.59. The first-order valence-corrected chi connectivity index (χ1v) is 4.39. The quantitative estimate of drug-likeness (QED) is 0.715. The number of nitrogens with zero attached hydrogens (tertiary/aromatic N) is 1. The molecule has 0 fully saturated rings. The van der Waals surface area contributed by atoms with Gasteiger partial charge in [0, 0.05) is 17.6 Å². The number of aliphatic hydroxyl groups excluding tert-OH is 1. The second-order valence-corrected chi connectivity index (χ2v) is 3.47. The molecule has 0 spiro atoms. The van der Waals surface area contributed by atoms with Crippen molar-refractivity contribution < 1.29 is 14.6 Å². The van der Waals surface area contributed by atoms with Crippen LogP contribution in [-0.2, 0) is 0 Å². The highest BCUT2D eigenvalue weighted by atomic mass is 35.5. The topological polar surface area (TPSA) is 49.8 Å². The summed E-state index contributed by atoms with van der Waals surface area (Å²) in [4.78, 5) is 12.3. The van der Waals surface area contributed by atoms with Crippen LogP contribution < -0.4 is 4.74 Å². The maximum absolute atomic E-state index is 11.2. The molecule has 14 heavy (non-hydrogen) atoms. The highest BCUT2D eigenvalue weighted by molar-refractivity contribution is 6.30. The zero-order chi connectivity index (χ0) is 10.3. The molecule has 2 rings (SSSR count). The highest BCUT2D eigenvalue weighted by Crippen LogP contribution is 2.33. The summed E-state index contributed by atoms with van der Waals surface area (Å²) >= 11 is 5.76. The van der Waals surface area contributed by atoms with E-state index in [1.54, 1.807) is 18.2 Å². The average molecular weight is 214 g/mol. The lowest BCUT2D eigenvalue weighted by Gasteiger charge is -2.29. The summed E-state index contributed by atoms with van der Waals surface area (Å²) in [5, 5.41) is 10.2. The van der Waals surface area contributed by atoms with Crippen molar-refractivity contribution in [3.8, 4) is 5.75 Å². The monoisotopic (exact) mass is 213 g/mol. The van der Waals surface area contributed by atoms with Crippen LogP contribution in [0.4, 0.5) is 4.79 Å². The molecule has 0 radical (unpaired) electrons. The first kappa shape index (κ1) is 9.30. The predicted octanol–water partition coefficient (Wildman–Crippen LogP) is 1.78. The number of ether oxygens (including phenoxy) is 1. The smallest absolute Gasteiger partial charge is 0.410 e. The van der Waals surface area contributed by atoms with Crippen LogP contribution in [0.1, 0.15) is 11.8 Å². The third kappa shape index (κ3) is 1.32. The minimum Gasteiger partial charge on any atom is -0.410 e. The summed E-state index contributed by atoms with van der Waals surface area (Å²) in [6, 6.07) is 4.74. The Kier molecular flexibility index (Phi) is 2.09. The summed E-state index contributed by atoms with van der Waals surface area (Å²) in [7, 11) is 1.46. The molecule has 0 saturated carbocycles. The fourth-order valence-corrected chi connectivity index (χ4v) is 1.47. The number of fused-ring (bicyclic) bond motifs is 1. The van der Waals surface area contributed by atoms with Gasteiger partial charge in [-0.2, -0.15) is 0 Å². The van der Waals surface area contributed by atoms with Gasteiger partial charge in [-0.15, -0.1) is 0 Å². The summed E-state index contributed by atoms with van der Waals surface area (Å²) in [6.45, 7) is 0. The lowest BCUT2D eigenvalue weighted by Crippen LogP contribution is -2.37. The van der Waals surface area contributed by atoms with Crippen molar-refractivity contribution >= 4 is 17.7 Å². The molecular weight excluding hydrogens is 206 g/mol. The number of carbonyl (C=O) groups is 1. The molecule has 1 aromatic carbocycles. The van der Waals surface area contributed by atoms with Gasteiger partial charge < -0.3 is 9.84 Å². The summed E-state index contributed by atoms with van der Waals surface area (Å²) in [6.07, 6.45) is -1.57. The van der Waals surface area contributed by atoms with Crippen LogP contribution in [0.15, 0.2) is 18.2 Å². The molecule has 0 aliphatic carbocycles. The number of halogens is 1. The van der Waals surface area contributed by atoms with Crippen molar-refractivity contribution in [2.75, 3.05) is 7.05 Å². The van der Waals surface area contributed by atoms with Crippen molar-refractivity contribution in [3.05, 3.63) is 28.8 Å². The number of aliphatic hydroxyl groups is 1. The second kappa shape index (κ2) is 3.15. The van der Waals surface area contributed by atoms with Gasteiger partial charge in [-0.1, -0.05) is 11.6 Å². The van der Waals surface area contributed by atoms with E-state index < -0.39 is 12.3 Å². The van der Waals surface area contributed by atoms with Gasteiger partial charge in [0.05, 0.1) is 0 Å². The molecule has 74 valence electrons. The van der Waals surface area contributed by atoms with Crippen molar-refractivity contribution in [3.63, 3.8) is 0 Å². The highest BCUT2D eigenvalue weighted by Gasteiger charge is 2.29. The third-order valence-corrected chi connectivity index (χ3v) is 2.34. The lowest BCUT2D eigenvalue weighted by molar-refractivity contribution is 0.0148. The minimum absolute atomic E-state index is 0.352. The standard InChI is InChI=1S/C9H8ClNO3/c1-11-8(12)6-4-5(10)2-3-7(6)14-9(11)13/h2-4,8,12H,1H3/t8-/m0/s1. The Morgan fingerprint density at radius 1 is 1.57 bits per heavy atom. The Labute approximate surface area is 85.7 Å². The van der Waals surface area contributed by atoms with Gasteiger partial charge in [0.15, 0.2) is 6.23 Å². The Bertz CT molecular complexity index is 394. The van der Waals surface area contributed by atoms with Crippen LogP contribution in [0.3, 0.4) is 0 Å². The van der Waals surface area contributed by atoms with E-state index in [-0.39, 0.29) is 0 Å². The van der Waals surface area contributed by atoms with E-state index >= 15 is 0 Å². The number of benzene rings is 1. The van der Waals surface area contributed by atoms with Gasteiger partial charge in [0.2, 0.25) is 0 Å². The minimum atomic E-state index is -0.995.